The second-order valence-electron chi connectivity index (χ2n) is 9.05. The highest BCUT2D eigenvalue weighted by Gasteiger charge is 2.35. The van der Waals surface area contributed by atoms with Crippen LogP contribution in [0.5, 0.6) is 5.75 Å². The van der Waals surface area contributed by atoms with Crippen molar-refractivity contribution in [1.29, 1.82) is 0 Å². The standard InChI is InChI=1S/C25H33N3O5S/c1-15-10-7-8-13-18(15)26-22(30)20(17-12-9-11-16(2)21(17)29)28(6)23(31)19(14-34)27-24(32)33-25(3,4)5/h7-13,19-20,29,34H,14H2,1-6H3,(H,26,30)(H,27,32). The molecule has 0 saturated carbocycles. The molecule has 0 radical (unpaired) electrons. The number of benzene rings is 2. The van der Waals surface area contributed by atoms with Gasteiger partial charge in [0.2, 0.25) is 5.91 Å². The molecule has 2 aromatic rings. The fraction of sp³-hybridized carbons (Fsp3) is 0.400. The van der Waals surface area contributed by atoms with Crippen LogP contribution in [-0.2, 0) is 14.3 Å². The lowest BCUT2D eigenvalue weighted by molar-refractivity contribution is -0.138. The van der Waals surface area contributed by atoms with Gasteiger partial charge in [-0.1, -0.05) is 36.4 Å². The van der Waals surface area contributed by atoms with Crippen LogP contribution in [0.4, 0.5) is 10.5 Å². The van der Waals surface area contributed by atoms with E-state index in [9.17, 15) is 19.5 Å². The zero-order valence-electron chi connectivity index (χ0n) is 20.4. The zero-order valence-corrected chi connectivity index (χ0v) is 21.3. The average Bonchev–Trinajstić information content (AvgIpc) is 2.75. The first-order valence-electron chi connectivity index (χ1n) is 10.9. The number of aromatic hydroxyl groups is 1. The minimum atomic E-state index is -1.17. The summed E-state index contributed by atoms with van der Waals surface area (Å²) in [6, 6.07) is 10.0. The first-order valence-corrected chi connectivity index (χ1v) is 11.5. The molecule has 3 N–H and O–H groups in total. The van der Waals surface area contributed by atoms with Gasteiger partial charge in [-0.2, -0.15) is 12.6 Å². The number of phenols is 1. The second kappa shape index (κ2) is 11.3. The fourth-order valence-corrected chi connectivity index (χ4v) is 3.60. The number of thiol groups is 1. The van der Waals surface area contributed by atoms with Crippen molar-refractivity contribution in [1.82, 2.24) is 10.2 Å². The molecule has 0 fully saturated rings. The van der Waals surface area contributed by atoms with E-state index < -0.39 is 35.6 Å². The number of carbonyl (C=O) groups is 3. The first-order chi connectivity index (χ1) is 15.9. The molecule has 2 aromatic carbocycles. The summed E-state index contributed by atoms with van der Waals surface area (Å²) in [7, 11) is 1.44. The van der Waals surface area contributed by atoms with Crippen molar-refractivity contribution in [2.45, 2.75) is 52.3 Å². The van der Waals surface area contributed by atoms with Crippen molar-refractivity contribution in [3.05, 3.63) is 59.2 Å². The van der Waals surface area contributed by atoms with Crippen LogP contribution in [0.3, 0.4) is 0 Å². The number of anilines is 1. The summed E-state index contributed by atoms with van der Waals surface area (Å²) in [5.74, 6) is -1.18. The maximum Gasteiger partial charge on any atom is 0.408 e. The Morgan fingerprint density at radius 3 is 2.26 bits per heavy atom. The second-order valence-corrected chi connectivity index (χ2v) is 9.42. The molecule has 0 heterocycles. The van der Waals surface area contributed by atoms with E-state index in [0.717, 1.165) is 5.56 Å². The number of alkyl carbamates (subject to hydrolysis) is 1. The lowest BCUT2D eigenvalue weighted by Gasteiger charge is -2.31. The zero-order chi connectivity index (χ0) is 25.6. The number of ether oxygens (including phenoxy) is 1. The summed E-state index contributed by atoms with van der Waals surface area (Å²) in [4.78, 5) is 40.2. The van der Waals surface area contributed by atoms with E-state index in [0.29, 0.717) is 11.3 Å². The molecule has 9 heteroatoms. The molecule has 2 rings (SSSR count). The Bertz CT molecular complexity index is 1050. The fourth-order valence-electron chi connectivity index (χ4n) is 3.35. The van der Waals surface area contributed by atoms with Crippen LogP contribution in [0, 0.1) is 13.8 Å². The Labute approximate surface area is 206 Å². The van der Waals surface area contributed by atoms with Gasteiger partial charge in [0.1, 0.15) is 23.4 Å². The minimum absolute atomic E-state index is 0.0195. The van der Waals surface area contributed by atoms with E-state index in [-0.39, 0.29) is 17.1 Å². The van der Waals surface area contributed by atoms with Gasteiger partial charge >= 0.3 is 6.09 Å². The number of para-hydroxylation sites is 2. The molecule has 0 spiro atoms. The topological polar surface area (TPSA) is 108 Å². The number of nitrogens with zero attached hydrogens (tertiary/aromatic N) is 1. The van der Waals surface area contributed by atoms with Crippen molar-refractivity contribution in [3.63, 3.8) is 0 Å². The predicted molar refractivity (Wildman–Crippen MR) is 135 cm³/mol. The van der Waals surface area contributed by atoms with Gasteiger partial charge in [0, 0.05) is 24.1 Å². The van der Waals surface area contributed by atoms with Crippen LogP contribution in [0.25, 0.3) is 0 Å². The Kier molecular flexibility index (Phi) is 8.98. The van der Waals surface area contributed by atoms with Crippen molar-refractivity contribution < 1.29 is 24.2 Å². The highest BCUT2D eigenvalue weighted by molar-refractivity contribution is 7.80. The average molecular weight is 488 g/mol. The van der Waals surface area contributed by atoms with Crippen LogP contribution in [0.15, 0.2) is 42.5 Å². The third-order valence-electron chi connectivity index (χ3n) is 5.12. The van der Waals surface area contributed by atoms with E-state index >= 15 is 0 Å². The monoisotopic (exact) mass is 487 g/mol. The first kappa shape index (κ1) is 27.0. The summed E-state index contributed by atoms with van der Waals surface area (Å²) in [5.41, 5.74) is 1.51. The van der Waals surface area contributed by atoms with Crippen molar-refractivity contribution in [3.8, 4) is 5.75 Å². The van der Waals surface area contributed by atoms with E-state index in [1.807, 2.05) is 19.1 Å². The Balaban J connectivity index is 2.39. The molecule has 34 heavy (non-hydrogen) atoms. The van der Waals surface area contributed by atoms with Crippen LogP contribution >= 0.6 is 12.6 Å². The SMILES string of the molecule is Cc1ccccc1NC(=O)C(c1cccc(C)c1O)N(C)C(=O)C(CS)NC(=O)OC(C)(C)C. The number of hydrogen-bond acceptors (Lipinski definition) is 6. The molecular formula is C25H33N3O5S. The molecule has 3 amide bonds. The lowest BCUT2D eigenvalue weighted by Crippen LogP contribution is -2.52. The summed E-state index contributed by atoms with van der Waals surface area (Å²) in [6.45, 7) is 8.69. The van der Waals surface area contributed by atoms with Gasteiger partial charge < -0.3 is 25.4 Å². The molecule has 0 aliphatic carbocycles. The molecular weight excluding hydrogens is 454 g/mol. The van der Waals surface area contributed by atoms with Crippen LogP contribution in [0.1, 0.15) is 43.5 Å². The quantitative estimate of drug-likeness (QED) is 0.442. The van der Waals surface area contributed by atoms with Crippen LogP contribution in [-0.4, -0.2) is 52.4 Å². The predicted octanol–water partition coefficient (Wildman–Crippen LogP) is 3.97. The van der Waals surface area contributed by atoms with E-state index in [1.54, 1.807) is 58.0 Å². The molecule has 2 atom stereocenters. The Morgan fingerprint density at radius 2 is 1.68 bits per heavy atom. The van der Waals surface area contributed by atoms with E-state index in [2.05, 4.69) is 23.3 Å². The van der Waals surface area contributed by atoms with Crippen LogP contribution in [0.2, 0.25) is 0 Å². The number of phenolic OH excluding ortho intramolecular Hbond substituents is 1. The molecule has 0 saturated heterocycles. The largest absolute Gasteiger partial charge is 0.507 e. The van der Waals surface area contributed by atoms with Crippen molar-refractivity contribution in [2.75, 3.05) is 18.1 Å². The van der Waals surface area contributed by atoms with Crippen molar-refractivity contribution >= 4 is 36.2 Å². The number of nitrogens with one attached hydrogen (secondary N) is 2. The lowest BCUT2D eigenvalue weighted by atomic mass is 9.99. The number of amides is 3. The number of carbonyl (C=O) groups excluding carboxylic acids is 3. The molecule has 0 aliphatic rings. The van der Waals surface area contributed by atoms with Gasteiger partial charge in [-0.05, 0) is 51.8 Å². The minimum Gasteiger partial charge on any atom is -0.507 e. The maximum absolute atomic E-state index is 13.4. The van der Waals surface area contributed by atoms with Gasteiger partial charge in [-0.25, -0.2) is 4.79 Å². The van der Waals surface area contributed by atoms with Gasteiger partial charge in [0.15, 0.2) is 0 Å². The summed E-state index contributed by atoms with van der Waals surface area (Å²) < 4.78 is 5.25. The van der Waals surface area contributed by atoms with Crippen LogP contribution < -0.4 is 10.6 Å². The highest BCUT2D eigenvalue weighted by atomic mass is 32.1. The molecule has 184 valence electrons. The smallest absolute Gasteiger partial charge is 0.408 e. The van der Waals surface area contributed by atoms with Crippen molar-refractivity contribution in [2.24, 2.45) is 0 Å². The third kappa shape index (κ3) is 6.90. The molecule has 0 aliphatic heterocycles. The number of hydrogen-bond donors (Lipinski definition) is 4. The van der Waals surface area contributed by atoms with Gasteiger partial charge in [0.05, 0.1) is 0 Å². The molecule has 0 aromatic heterocycles. The highest BCUT2D eigenvalue weighted by Crippen LogP contribution is 2.32. The Morgan fingerprint density at radius 1 is 1.06 bits per heavy atom. The molecule has 0 bridgehead atoms. The Hall–Kier alpha value is -3.20. The molecule has 2 unspecified atom stereocenters. The number of rotatable bonds is 7. The normalized spacial score (nSPS) is 12.9. The van der Waals surface area contributed by atoms with E-state index in [1.165, 1.54) is 11.9 Å². The summed E-state index contributed by atoms with van der Waals surface area (Å²) >= 11 is 4.21. The van der Waals surface area contributed by atoms with E-state index in [4.69, 9.17) is 4.74 Å². The molecule has 8 nitrogen and oxygen atoms in total. The maximum atomic E-state index is 13.4. The summed E-state index contributed by atoms with van der Waals surface area (Å²) in [6.07, 6.45) is -0.771. The number of aryl methyl sites for hydroxylation is 2. The number of likely N-dealkylation sites (N-methyl/N-ethyl adjacent to an activating group) is 1. The van der Waals surface area contributed by atoms with Gasteiger partial charge in [-0.15, -0.1) is 0 Å². The van der Waals surface area contributed by atoms with Gasteiger partial charge in [-0.3, -0.25) is 9.59 Å². The third-order valence-corrected chi connectivity index (χ3v) is 5.49. The summed E-state index contributed by atoms with van der Waals surface area (Å²) in [5, 5.41) is 16.1. The van der Waals surface area contributed by atoms with Gasteiger partial charge in [0.25, 0.3) is 5.91 Å².